The summed E-state index contributed by atoms with van der Waals surface area (Å²) in [5, 5.41) is 7.22. The number of benzene rings is 1. The summed E-state index contributed by atoms with van der Waals surface area (Å²) >= 11 is 0. The third-order valence-corrected chi connectivity index (χ3v) is 4.39. The van der Waals surface area contributed by atoms with Gasteiger partial charge in [0.2, 0.25) is 0 Å². The molecule has 0 aliphatic heterocycles. The average molecular weight is 335 g/mol. The quantitative estimate of drug-likeness (QED) is 0.798. The van der Waals surface area contributed by atoms with Gasteiger partial charge in [-0.2, -0.15) is 9.78 Å². The predicted molar refractivity (Wildman–Crippen MR) is 91.7 cm³/mol. The highest BCUT2D eigenvalue weighted by Gasteiger charge is 2.25. The first kappa shape index (κ1) is 15.4. The molecule has 3 aromatic rings. The van der Waals surface area contributed by atoms with E-state index < -0.39 is 0 Å². The van der Waals surface area contributed by atoms with Gasteiger partial charge in [0, 0.05) is 18.1 Å². The lowest BCUT2D eigenvalue weighted by Crippen LogP contribution is -2.33. The number of furan rings is 1. The molecule has 0 bridgehead atoms. The lowest BCUT2D eigenvalue weighted by atomic mass is 9.93. The van der Waals surface area contributed by atoms with Gasteiger partial charge in [-0.15, -0.1) is 0 Å². The standard InChI is InChI=1S/C19H17N3O3/c23-18-10-9-16(21-22(18)13-5-2-1-3-6-13)19(24)20-15-7-4-8-17-14(15)11-12-25-17/h1-3,5-6,9-12,15H,4,7-8H2,(H,20,24). The molecule has 6 heteroatoms. The van der Waals surface area contributed by atoms with Crippen LogP contribution in [-0.2, 0) is 6.42 Å². The van der Waals surface area contributed by atoms with Gasteiger partial charge in [-0.3, -0.25) is 9.59 Å². The molecule has 4 rings (SSSR count). The summed E-state index contributed by atoms with van der Waals surface area (Å²) in [4.78, 5) is 24.7. The molecular weight excluding hydrogens is 318 g/mol. The maximum Gasteiger partial charge on any atom is 0.272 e. The van der Waals surface area contributed by atoms with E-state index in [9.17, 15) is 9.59 Å². The van der Waals surface area contributed by atoms with E-state index in [4.69, 9.17) is 4.42 Å². The molecule has 1 aliphatic carbocycles. The first-order valence-electron chi connectivity index (χ1n) is 8.25. The van der Waals surface area contributed by atoms with E-state index in [1.165, 1.54) is 16.8 Å². The number of rotatable bonds is 3. The van der Waals surface area contributed by atoms with E-state index in [0.717, 1.165) is 30.6 Å². The van der Waals surface area contributed by atoms with E-state index in [-0.39, 0.29) is 23.2 Å². The van der Waals surface area contributed by atoms with Crippen LogP contribution in [0.3, 0.4) is 0 Å². The molecule has 2 heterocycles. The molecule has 6 nitrogen and oxygen atoms in total. The molecule has 1 amide bonds. The monoisotopic (exact) mass is 335 g/mol. The smallest absolute Gasteiger partial charge is 0.272 e. The highest BCUT2D eigenvalue weighted by Crippen LogP contribution is 2.30. The van der Waals surface area contributed by atoms with Gasteiger partial charge in [-0.05, 0) is 37.1 Å². The van der Waals surface area contributed by atoms with Crippen molar-refractivity contribution in [2.24, 2.45) is 0 Å². The summed E-state index contributed by atoms with van der Waals surface area (Å²) in [6.45, 7) is 0. The summed E-state index contributed by atoms with van der Waals surface area (Å²) in [6.07, 6.45) is 4.37. The molecule has 0 saturated heterocycles. The Morgan fingerprint density at radius 2 is 2.00 bits per heavy atom. The molecule has 1 aliphatic rings. The van der Waals surface area contributed by atoms with Gasteiger partial charge in [0.25, 0.3) is 11.5 Å². The maximum absolute atomic E-state index is 12.6. The van der Waals surface area contributed by atoms with Crippen molar-refractivity contribution in [3.63, 3.8) is 0 Å². The zero-order valence-electron chi connectivity index (χ0n) is 13.5. The van der Waals surface area contributed by atoms with Crippen LogP contribution in [0.15, 0.2) is 64.0 Å². The summed E-state index contributed by atoms with van der Waals surface area (Å²) < 4.78 is 6.69. The Hall–Kier alpha value is -3.15. The Labute approximate surface area is 144 Å². The normalized spacial score (nSPS) is 16.2. The first-order valence-corrected chi connectivity index (χ1v) is 8.25. The number of fused-ring (bicyclic) bond motifs is 1. The highest BCUT2D eigenvalue weighted by molar-refractivity contribution is 5.92. The average Bonchev–Trinajstić information content (AvgIpc) is 3.12. The van der Waals surface area contributed by atoms with Crippen molar-refractivity contribution < 1.29 is 9.21 Å². The van der Waals surface area contributed by atoms with Crippen LogP contribution in [0, 0.1) is 0 Å². The number of para-hydroxylation sites is 1. The molecule has 0 fully saturated rings. The minimum Gasteiger partial charge on any atom is -0.469 e. The minimum absolute atomic E-state index is 0.0890. The van der Waals surface area contributed by atoms with Crippen LogP contribution in [0.4, 0.5) is 0 Å². The molecule has 126 valence electrons. The molecule has 1 N–H and O–H groups in total. The van der Waals surface area contributed by atoms with Gasteiger partial charge in [-0.1, -0.05) is 18.2 Å². The number of nitrogens with zero attached hydrogens (tertiary/aromatic N) is 2. The van der Waals surface area contributed by atoms with Crippen LogP contribution in [-0.4, -0.2) is 15.7 Å². The topological polar surface area (TPSA) is 77.1 Å². The number of carbonyl (C=O) groups is 1. The van der Waals surface area contributed by atoms with Gasteiger partial charge in [-0.25, -0.2) is 0 Å². The SMILES string of the molecule is O=C(NC1CCCc2occc21)c1ccc(=O)n(-c2ccccc2)n1. The second-order valence-electron chi connectivity index (χ2n) is 6.02. The summed E-state index contributed by atoms with van der Waals surface area (Å²) in [5.41, 5.74) is 1.57. The number of aromatic nitrogens is 2. The Balaban J connectivity index is 1.61. The Kier molecular flexibility index (Phi) is 3.93. The number of nitrogens with one attached hydrogen (secondary N) is 1. The fourth-order valence-electron chi connectivity index (χ4n) is 3.15. The first-order chi connectivity index (χ1) is 12.2. The Morgan fingerprint density at radius 3 is 2.84 bits per heavy atom. The Bertz CT molecular complexity index is 959. The van der Waals surface area contributed by atoms with E-state index in [1.54, 1.807) is 18.4 Å². The van der Waals surface area contributed by atoms with Crippen LogP contribution in [0.1, 0.15) is 40.7 Å². The van der Waals surface area contributed by atoms with Crippen molar-refractivity contribution in [3.05, 3.63) is 82.2 Å². The molecule has 0 saturated carbocycles. The second kappa shape index (κ2) is 6.39. The van der Waals surface area contributed by atoms with Gasteiger partial charge < -0.3 is 9.73 Å². The van der Waals surface area contributed by atoms with Crippen LogP contribution >= 0.6 is 0 Å². The maximum atomic E-state index is 12.6. The van der Waals surface area contributed by atoms with E-state index >= 15 is 0 Å². The molecule has 1 unspecified atom stereocenters. The molecular formula is C19H17N3O3. The molecule has 1 atom stereocenters. The number of aryl methyl sites for hydroxylation is 1. The van der Waals surface area contributed by atoms with Crippen LogP contribution < -0.4 is 10.9 Å². The third-order valence-electron chi connectivity index (χ3n) is 4.39. The van der Waals surface area contributed by atoms with Crippen LogP contribution in [0.25, 0.3) is 5.69 Å². The summed E-state index contributed by atoms with van der Waals surface area (Å²) in [7, 11) is 0. The Morgan fingerprint density at radius 1 is 1.16 bits per heavy atom. The fourth-order valence-corrected chi connectivity index (χ4v) is 3.15. The molecule has 25 heavy (non-hydrogen) atoms. The van der Waals surface area contributed by atoms with Gasteiger partial charge >= 0.3 is 0 Å². The van der Waals surface area contributed by atoms with Crippen LogP contribution in [0.5, 0.6) is 0 Å². The molecule has 2 aromatic heterocycles. The minimum atomic E-state index is -0.302. The number of carbonyl (C=O) groups excluding carboxylic acids is 1. The molecule has 1 aromatic carbocycles. The lowest BCUT2D eigenvalue weighted by molar-refractivity contribution is 0.0925. The van der Waals surface area contributed by atoms with E-state index in [0.29, 0.717) is 5.69 Å². The zero-order valence-corrected chi connectivity index (χ0v) is 13.5. The summed E-state index contributed by atoms with van der Waals surface area (Å²) in [6, 6.07) is 13.7. The van der Waals surface area contributed by atoms with Crippen molar-refractivity contribution in [1.82, 2.24) is 15.1 Å². The third kappa shape index (κ3) is 2.98. The van der Waals surface area contributed by atoms with Crippen molar-refractivity contribution in [3.8, 4) is 5.69 Å². The van der Waals surface area contributed by atoms with Crippen molar-refractivity contribution in [1.29, 1.82) is 0 Å². The largest absolute Gasteiger partial charge is 0.469 e. The zero-order chi connectivity index (χ0) is 17.2. The van der Waals surface area contributed by atoms with Crippen LogP contribution in [0.2, 0.25) is 0 Å². The molecule has 0 spiro atoms. The van der Waals surface area contributed by atoms with Gasteiger partial charge in [0.05, 0.1) is 18.0 Å². The number of hydrogen-bond donors (Lipinski definition) is 1. The number of amides is 1. The van der Waals surface area contributed by atoms with E-state index in [2.05, 4.69) is 10.4 Å². The fraction of sp³-hybridized carbons (Fsp3) is 0.211. The highest BCUT2D eigenvalue weighted by atomic mass is 16.3. The molecule has 0 radical (unpaired) electrons. The van der Waals surface area contributed by atoms with Crippen molar-refractivity contribution >= 4 is 5.91 Å². The lowest BCUT2D eigenvalue weighted by Gasteiger charge is -2.22. The second-order valence-corrected chi connectivity index (χ2v) is 6.02. The van der Waals surface area contributed by atoms with Gasteiger partial charge in [0.1, 0.15) is 11.5 Å². The number of hydrogen-bond acceptors (Lipinski definition) is 4. The predicted octanol–water partition coefficient (Wildman–Crippen LogP) is 2.63. The van der Waals surface area contributed by atoms with E-state index in [1.807, 2.05) is 24.3 Å². The van der Waals surface area contributed by atoms with Crippen molar-refractivity contribution in [2.75, 3.05) is 0 Å². The van der Waals surface area contributed by atoms with Gasteiger partial charge in [0.15, 0.2) is 0 Å². The van der Waals surface area contributed by atoms with Crippen molar-refractivity contribution in [2.45, 2.75) is 25.3 Å². The summed E-state index contributed by atoms with van der Waals surface area (Å²) in [5.74, 6) is 0.627.